The first kappa shape index (κ1) is 19.4. The number of phenolic OH excluding ortho intramolecular Hbond substituents is 2. The van der Waals surface area contributed by atoms with Crippen LogP contribution in [0.5, 0.6) is 11.5 Å². The van der Waals surface area contributed by atoms with Crippen LogP contribution in [0.3, 0.4) is 0 Å². The van der Waals surface area contributed by atoms with Gasteiger partial charge in [0.1, 0.15) is 0 Å². The molecule has 9 nitrogen and oxygen atoms in total. The number of phenols is 2. The Kier molecular flexibility index (Phi) is 5.04. The van der Waals surface area contributed by atoms with Crippen molar-refractivity contribution in [3.05, 3.63) is 42.5 Å². The van der Waals surface area contributed by atoms with Gasteiger partial charge in [0.25, 0.3) is 0 Å². The number of aromatic hydroxyl groups is 2. The van der Waals surface area contributed by atoms with Gasteiger partial charge in [-0.3, -0.25) is 0 Å². The maximum absolute atomic E-state index is 12.7. The molecule has 11 heteroatoms. The molecule has 0 saturated carbocycles. The Morgan fingerprint density at radius 3 is 1.74 bits per heavy atom. The van der Waals surface area contributed by atoms with Crippen LogP contribution < -0.4 is 5.73 Å². The smallest absolute Gasteiger partial charge is 0.243 e. The molecule has 146 valence electrons. The third-order valence-corrected chi connectivity index (χ3v) is 8.07. The number of nitrogens with two attached hydrogens (primary N) is 1. The van der Waals surface area contributed by atoms with Gasteiger partial charge >= 0.3 is 0 Å². The molecule has 4 N–H and O–H groups in total. The largest absolute Gasteiger partial charge is 0.504 e. The fraction of sp³-hybridized carbons (Fsp3) is 0.250. The van der Waals surface area contributed by atoms with Crippen molar-refractivity contribution >= 4 is 25.7 Å². The molecule has 1 aliphatic heterocycles. The van der Waals surface area contributed by atoms with Crippen molar-refractivity contribution < 1.29 is 27.0 Å². The van der Waals surface area contributed by atoms with Crippen molar-refractivity contribution in [1.29, 1.82) is 0 Å². The molecule has 0 unspecified atom stereocenters. The van der Waals surface area contributed by atoms with Crippen LogP contribution >= 0.6 is 0 Å². The summed E-state index contributed by atoms with van der Waals surface area (Å²) >= 11 is 0. The van der Waals surface area contributed by atoms with Crippen LogP contribution in [0.2, 0.25) is 0 Å². The van der Waals surface area contributed by atoms with Gasteiger partial charge in [-0.25, -0.2) is 16.8 Å². The lowest BCUT2D eigenvalue weighted by molar-refractivity contribution is 0.272. The first-order valence-electron chi connectivity index (χ1n) is 8.00. The second-order valence-electron chi connectivity index (χ2n) is 6.03. The van der Waals surface area contributed by atoms with E-state index in [1.807, 2.05) is 0 Å². The minimum absolute atomic E-state index is 0.0135. The highest BCUT2D eigenvalue weighted by Gasteiger charge is 2.34. The van der Waals surface area contributed by atoms with Gasteiger partial charge in [0.15, 0.2) is 11.5 Å². The topological polar surface area (TPSA) is 141 Å². The number of piperazine rings is 1. The molecule has 0 bridgehead atoms. The number of hydrogen-bond acceptors (Lipinski definition) is 7. The Hall–Kier alpha value is -2.34. The Morgan fingerprint density at radius 2 is 1.26 bits per heavy atom. The molecule has 0 spiro atoms. The monoisotopic (exact) mass is 413 g/mol. The molecule has 0 radical (unpaired) electrons. The van der Waals surface area contributed by atoms with E-state index in [2.05, 4.69) is 0 Å². The molecule has 0 atom stereocenters. The molecule has 1 fully saturated rings. The van der Waals surface area contributed by atoms with E-state index in [1.54, 1.807) is 12.1 Å². The predicted octanol–water partition coefficient (Wildman–Crippen LogP) is 0.375. The predicted molar refractivity (Wildman–Crippen MR) is 98.1 cm³/mol. The van der Waals surface area contributed by atoms with Crippen LogP contribution in [0.15, 0.2) is 52.3 Å². The molecule has 0 aromatic heterocycles. The summed E-state index contributed by atoms with van der Waals surface area (Å²) in [7, 11) is -7.69. The number of benzene rings is 2. The second-order valence-corrected chi connectivity index (χ2v) is 9.91. The van der Waals surface area contributed by atoms with Gasteiger partial charge < -0.3 is 15.9 Å². The summed E-state index contributed by atoms with van der Waals surface area (Å²) in [4.78, 5) is -0.118. The molecule has 1 aliphatic rings. The third kappa shape index (κ3) is 3.72. The summed E-state index contributed by atoms with van der Waals surface area (Å²) in [5, 5.41) is 18.9. The number of nitrogen functional groups attached to an aromatic ring is 1. The van der Waals surface area contributed by atoms with Crippen molar-refractivity contribution in [2.45, 2.75) is 9.79 Å². The average Bonchev–Trinajstić information content (AvgIpc) is 2.64. The zero-order valence-electron chi connectivity index (χ0n) is 14.2. The van der Waals surface area contributed by atoms with Crippen molar-refractivity contribution in [3.8, 4) is 11.5 Å². The number of anilines is 1. The number of hydrogen-bond donors (Lipinski definition) is 3. The van der Waals surface area contributed by atoms with Crippen LogP contribution in [0, 0.1) is 0 Å². The van der Waals surface area contributed by atoms with Crippen LogP contribution in [-0.4, -0.2) is 61.8 Å². The number of nitrogens with zero attached hydrogens (tertiary/aromatic N) is 2. The zero-order chi connectivity index (χ0) is 19.8. The second kappa shape index (κ2) is 7.00. The van der Waals surface area contributed by atoms with E-state index in [4.69, 9.17) is 5.73 Å². The normalized spacial score (nSPS) is 17.0. The van der Waals surface area contributed by atoms with E-state index in [0.29, 0.717) is 5.69 Å². The van der Waals surface area contributed by atoms with Crippen LogP contribution in [0.25, 0.3) is 0 Å². The highest BCUT2D eigenvalue weighted by atomic mass is 32.2. The lowest BCUT2D eigenvalue weighted by atomic mass is 10.3. The molecule has 27 heavy (non-hydrogen) atoms. The van der Waals surface area contributed by atoms with Gasteiger partial charge in [-0.05, 0) is 30.3 Å². The lowest BCUT2D eigenvalue weighted by Crippen LogP contribution is -2.50. The number of rotatable bonds is 4. The average molecular weight is 413 g/mol. The molecule has 0 amide bonds. The molecular weight excluding hydrogens is 394 g/mol. The van der Waals surface area contributed by atoms with E-state index < -0.39 is 31.5 Å². The zero-order valence-corrected chi connectivity index (χ0v) is 15.8. The molecule has 2 aromatic rings. The summed E-state index contributed by atoms with van der Waals surface area (Å²) in [6.07, 6.45) is 0. The van der Waals surface area contributed by atoms with E-state index in [-0.39, 0.29) is 36.0 Å². The molecule has 0 aliphatic carbocycles. The van der Waals surface area contributed by atoms with Gasteiger partial charge in [0, 0.05) is 37.9 Å². The SMILES string of the molecule is Nc1cccc(S(=O)(=O)N2CCN(S(=O)(=O)c3ccc(O)c(O)c3)CC2)c1. The molecular formula is C16H19N3O6S2. The van der Waals surface area contributed by atoms with Gasteiger partial charge in [0.2, 0.25) is 20.0 Å². The summed E-state index contributed by atoms with van der Waals surface area (Å²) in [5.74, 6) is -0.967. The first-order valence-corrected chi connectivity index (χ1v) is 10.9. The lowest BCUT2D eigenvalue weighted by Gasteiger charge is -2.33. The number of sulfonamides is 2. The fourth-order valence-corrected chi connectivity index (χ4v) is 5.71. The van der Waals surface area contributed by atoms with Gasteiger partial charge in [-0.15, -0.1) is 0 Å². The Balaban J connectivity index is 1.77. The van der Waals surface area contributed by atoms with Crippen molar-refractivity contribution in [1.82, 2.24) is 8.61 Å². The van der Waals surface area contributed by atoms with E-state index in [0.717, 1.165) is 16.4 Å². The maximum Gasteiger partial charge on any atom is 0.243 e. The Bertz CT molecular complexity index is 1060. The van der Waals surface area contributed by atoms with Gasteiger partial charge in [-0.2, -0.15) is 8.61 Å². The summed E-state index contributed by atoms with van der Waals surface area (Å²) in [6, 6.07) is 9.14. The van der Waals surface area contributed by atoms with E-state index in [9.17, 15) is 27.0 Å². The Morgan fingerprint density at radius 1 is 0.741 bits per heavy atom. The van der Waals surface area contributed by atoms with Gasteiger partial charge in [0.05, 0.1) is 9.79 Å². The van der Waals surface area contributed by atoms with Crippen molar-refractivity contribution in [2.75, 3.05) is 31.9 Å². The highest BCUT2D eigenvalue weighted by molar-refractivity contribution is 7.89. The fourth-order valence-electron chi connectivity index (χ4n) is 2.79. The molecule has 1 saturated heterocycles. The summed E-state index contributed by atoms with van der Waals surface area (Å²) in [5.41, 5.74) is 5.97. The van der Waals surface area contributed by atoms with Gasteiger partial charge in [-0.1, -0.05) is 6.07 Å². The van der Waals surface area contributed by atoms with E-state index >= 15 is 0 Å². The van der Waals surface area contributed by atoms with Crippen molar-refractivity contribution in [2.24, 2.45) is 0 Å². The standard InChI is InChI=1S/C16H19N3O6S2/c17-12-2-1-3-13(10-12)26(22,23)18-6-8-19(9-7-18)27(24,25)14-4-5-15(20)16(21)11-14/h1-5,10-11,20-21H,6-9,17H2. The summed E-state index contributed by atoms with van der Waals surface area (Å²) < 4.78 is 53.1. The molecule has 2 aromatic carbocycles. The van der Waals surface area contributed by atoms with Crippen LogP contribution in [0.1, 0.15) is 0 Å². The minimum atomic E-state index is -3.92. The van der Waals surface area contributed by atoms with Crippen molar-refractivity contribution in [3.63, 3.8) is 0 Å². The molecule has 3 rings (SSSR count). The summed E-state index contributed by atoms with van der Waals surface area (Å²) in [6.45, 7) is -0.0993. The van der Waals surface area contributed by atoms with Crippen LogP contribution in [-0.2, 0) is 20.0 Å². The highest BCUT2D eigenvalue weighted by Crippen LogP contribution is 2.29. The van der Waals surface area contributed by atoms with E-state index in [1.165, 1.54) is 22.5 Å². The maximum atomic E-state index is 12.7. The minimum Gasteiger partial charge on any atom is -0.504 e. The molecule has 1 heterocycles. The third-order valence-electron chi connectivity index (χ3n) is 4.28. The first-order chi connectivity index (χ1) is 12.6. The van der Waals surface area contributed by atoms with Crippen LogP contribution in [0.4, 0.5) is 5.69 Å². The Labute approximate surface area is 157 Å². The quantitative estimate of drug-likeness (QED) is 0.486.